The van der Waals surface area contributed by atoms with Gasteiger partial charge < -0.3 is 4.74 Å². The van der Waals surface area contributed by atoms with Crippen molar-refractivity contribution in [2.24, 2.45) is 0 Å². The topological polar surface area (TPSA) is 81.5 Å². The van der Waals surface area contributed by atoms with Crippen LogP contribution in [0.2, 0.25) is 0 Å². The van der Waals surface area contributed by atoms with Crippen LogP contribution in [-0.2, 0) is 5.41 Å². The number of rotatable bonds is 5. The van der Waals surface area contributed by atoms with Crippen LogP contribution in [0.15, 0.2) is 97.2 Å². The second-order valence-corrected chi connectivity index (χ2v) is 12.8. The maximum atomic E-state index is 9.60. The second kappa shape index (κ2) is 11.0. The first-order chi connectivity index (χ1) is 22.1. The Morgan fingerprint density at radius 2 is 1.57 bits per heavy atom. The highest BCUT2D eigenvalue weighted by atomic mass is 16.5. The fraction of sp³-hybridized carbons (Fsp3) is 0.179. The van der Waals surface area contributed by atoms with E-state index >= 15 is 0 Å². The Morgan fingerprint density at radius 1 is 0.761 bits per heavy atom. The maximum absolute atomic E-state index is 9.60. The zero-order chi connectivity index (χ0) is 32.2. The Hall–Kier alpha value is -5.74. The summed E-state index contributed by atoms with van der Waals surface area (Å²) in [7, 11) is 0. The highest BCUT2D eigenvalue weighted by molar-refractivity contribution is 6.09. The lowest BCUT2D eigenvalue weighted by Crippen LogP contribution is -2.12. The first-order valence-electron chi connectivity index (χ1n) is 15.3. The molecule has 7 aromatic rings. The molecule has 0 amide bonds. The van der Waals surface area contributed by atoms with Gasteiger partial charge >= 0.3 is 0 Å². The van der Waals surface area contributed by atoms with E-state index in [1.54, 1.807) is 6.20 Å². The van der Waals surface area contributed by atoms with Crippen molar-refractivity contribution >= 4 is 21.8 Å². The van der Waals surface area contributed by atoms with Crippen LogP contribution in [0, 0.1) is 32.1 Å². The SMILES string of the molecule is Cc1nc(-c2cc(Oc3ccc4c5cc(C#N)ccc5n(-c5ccccn5)c4c3)cc(C(C)(C)C)c2)n(-c2c(C)cccc2C)n1. The fourth-order valence-corrected chi connectivity index (χ4v) is 6.12. The lowest BCUT2D eigenvalue weighted by atomic mass is 9.86. The molecular formula is C39H34N6O. The Bertz CT molecular complexity index is 2300. The average molecular weight is 603 g/mol. The van der Waals surface area contributed by atoms with Crippen molar-refractivity contribution in [2.75, 3.05) is 0 Å². The van der Waals surface area contributed by atoms with Gasteiger partial charge in [-0.1, -0.05) is 45.0 Å². The lowest BCUT2D eigenvalue weighted by molar-refractivity contribution is 0.479. The molecule has 0 fully saturated rings. The average Bonchev–Trinajstić information content (AvgIpc) is 3.57. The zero-order valence-corrected chi connectivity index (χ0v) is 26.8. The highest BCUT2D eigenvalue weighted by Crippen LogP contribution is 2.38. The largest absolute Gasteiger partial charge is 0.457 e. The van der Waals surface area contributed by atoms with Crippen molar-refractivity contribution in [2.45, 2.75) is 47.0 Å². The quantitative estimate of drug-likeness (QED) is 0.196. The summed E-state index contributed by atoms with van der Waals surface area (Å²) in [5, 5.41) is 16.4. The monoisotopic (exact) mass is 602 g/mol. The van der Waals surface area contributed by atoms with Gasteiger partial charge in [-0.2, -0.15) is 10.4 Å². The summed E-state index contributed by atoms with van der Waals surface area (Å²) in [6.07, 6.45) is 1.79. The summed E-state index contributed by atoms with van der Waals surface area (Å²) in [6.45, 7) is 12.7. The van der Waals surface area contributed by atoms with Crippen molar-refractivity contribution < 1.29 is 4.74 Å². The fourth-order valence-electron chi connectivity index (χ4n) is 6.12. The number of benzene rings is 4. The normalized spacial score (nSPS) is 11.7. The molecule has 226 valence electrons. The van der Waals surface area contributed by atoms with E-state index in [-0.39, 0.29) is 5.41 Å². The van der Waals surface area contributed by atoms with Gasteiger partial charge in [-0.05, 0) is 104 Å². The molecule has 0 saturated heterocycles. The highest BCUT2D eigenvalue weighted by Gasteiger charge is 2.22. The molecule has 7 heteroatoms. The van der Waals surface area contributed by atoms with Gasteiger partial charge in [0.25, 0.3) is 0 Å². The molecule has 4 aromatic carbocycles. The van der Waals surface area contributed by atoms with Crippen molar-refractivity contribution in [1.29, 1.82) is 5.26 Å². The van der Waals surface area contributed by atoms with Crippen LogP contribution < -0.4 is 4.74 Å². The van der Waals surface area contributed by atoms with Crippen LogP contribution in [0.4, 0.5) is 0 Å². The second-order valence-electron chi connectivity index (χ2n) is 12.8. The molecule has 0 N–H and O–H groups in total. The molecule has 0 bridgehead atoms. The first kappa shape index (κ1) is 29.0. The number of hydrogen-bond acceptors (Lipinski definition) is 5. The molecule has 0 aliphatic heterocycles. The third-order valence-corrected chi connectivity index (χ3v) is 8.38. The number of ether oxygens (including phenoxy) is 1. The van der Waals surface area contributed by atoms with E-state index in [9.17, 15) is 5.26 Å². The number of nitriles is 1. The van der Waals surface area contributed by atoms with E-state index in [0.29, 0.717) is 22.9 Å². The summed E-state index contributed by atoms with van der Waals surface area (Å²) in [6, 6.07) is 32.6. The summed E-state index contributed by atoms with van der Waals surface area (Å²) in [5.74, 6) is 3.67. The third kappa shape index (κ3) is 5.08. The molecule has 7 nitrogen and oxygen atoms in total. The minimum Gasteiger partial charge on any atom is -0.457 e. The number of para-hydroxylation sites is 1. The van der Waals surface area contributed by atoms with E-state index in [4.69, 9.17) is 14.8 Å². The lowest BCUT2D eigenvalue weighted by Gasteiger charge is -2.22. The van der Waals surface area contributed by atoms with Crippen molar-refractivity contribution in [1.82, 2.24) is 24.3 Å². The van der Waals surface area contributed by atoms with E-state index in [1.165, 1.54) is 0 Å². The molecular weight excluding hydrogens is 568 g/mol. The van der Waals surface area contributed by atoms with E-state index < -0.39 is 0 Å². The van der Waals surface area contributed by atoms with Gasteiger partial charge in [-0.15, -0.1) is 0 Å². The number of fused-ring (bicyclic) bond motifs is 3. The Kier molecular flexibility index (Phi) is 6.94. The van der Waals surface area contributed by atoms with Gasteiger partial charge in [-0.3, -0.25) is 4.57 Å². The van der Waals surface area contributed by atoms with E-state index in [2.05, 4.69) is 86.6 Å². The molecule has 7 rings (SSSR count). The van der Waals surface area contributed by atoms with Gasteiger partial charge in [0.05, 0.1) is 28.4 Å². The number of pyridine rings is 1. The summed E-state index contributed by atoms with van der Waals surface area (Å²) in [4.78, 5) is 9.55. The van der Waals surface area contributed by atoms with Crippen LogP contribution in [0.25, 0.3) is 44.7 Å². The molecule has 46 heavy (non-hydrogen) atoms. The maximum Gasteiger partial charge on any atom is 0.163 e. The van der Waals surface area contributed by atoms with Crippen LogP contribution in [0.3, 0.4) is 0 Å². The summed E-state index contributed by atoms with van der Waals surface area (Å²) >= 11 is 0. The molecule has 0 aliphatic rings. The summed E-state index contributed by atoms with van der Waals surface area (Å²) in [5.41, 5.74) is 7.75. The number of hydrogen-bond donors (Lipinski definition) is 0. The Balaban J connectivity index is 1.38. The van der Waals surface area contributed by atoms with Gasteiger partial charge in [0.15, 0.2) is 5.82 Å². The van der Waals surface area contributed by atoms with E-state index in [1.807, 2.05) is 66.2 Å². The van der Waals surface area contributed by atoms with Gasteiger partial charge in [0.1, 0.15) is 23.1 Å². The first-order valence-corrected chi connectivity index (χ1v) is 15.3. The standard InChI is InChI=1S/C39H34N6O/c1-24-10-9-11-25(2)37(24)45-38(42-26(3)43-45)28-19-29(39(4,5)6)21-31(20-28)46-30-14-15-32-33-18-27(23-40)13-16-34(33)44(35(32)22-30)36-12-7-8-17-41-36/h7-22H,1-6H3. The molecule has 3 aromatic heterocycles. The molecule has 0 spiro atoms. The Labute approximate surface area is 268 Å². The van der Waals surface area contributed by atoms with E-state index in [0.717, 1.165) is 61.4 Å². The number of aryl methyl sites for hydroxylation is 3. The van der Waals surface area contributed by atoms with Crippen LogP contribution in [0.1, 0.15) is 48.8 Å². The molecule has 0 saturated carbocycles. The van der Waals surface area contributed by atoms with Crippen LogP contribution in [0.5, 0.6) is 11.5 Å². The van der Waals surface area contributed by atoms with Crippen molar-refractivity contribution in [3.05, 3.63) is 125 Å². The zero-order valence-electron chi connectivity index (χ0n) is 26.8. The number of aromatic nitrogens is 5. The van der Waals surface area contributed by atoms with Crippen molar-refractivity contribution in [3.63, 3.8) is 0 Å². The van der Waals surface area contributed by atoms with Gasteiger partial charge in [0, 0.05) is 28.6 Å². The third-order valence-electron chi connectivity index (χ3n) is 8.38. The molecule has 0 radical (unpaired) electrons. The van der Waals surface area contributed by atoms with Crippen LogP contribution >= 0.6 is 0 Å². The minimum absolute atomic E-state index is 0.138. The molecule has 3 heterocycles. The minimum atomic E-state index is -0.138. The summed E-state index contributed by atoms with van der Waals surface area (Å²) < 4.78 is 10.7. The number of nitrogens with zero attached hydrogens (tertiary/aromatic N) is 6. The van der Waals surface area contributed by atoms with Gasteiger partial charge in [0.2, 0.25) is 0 Å². The predicted octanol–water partition coefficient (Wildman–Crippen LogP) is 9.31. The molecule has 0 atom stereocenters. The smallest absolute Gasteiger partial charge is 0.163 e. The Morgan fingerprint density at radius 3 is 2.28 bits per heavy atom. The molecule has 0 unspecified atom stereocenters. The van der Waals surface area contributed by atoms with Crippen molar-refractivity contribution in [3.8, 4) is 40.5 Å². The molecule has 0 aliphatic carbocycles. The van der Waals surface area contributed by atoms with Crippen LogP contribution in [-0.4, -0.2) is 24.3 Å². The predicted molar refractivity (Wildman–Crippen MR) is 183 cm³/mol. The van der Waals surface area contributed by atoms with Gasteiger partial charge in [-0.25, -0.2) is 14.6 Å².